The predicted octanol–water partition coefficient (Wildman–Crippen LogP) is 4.80. The van der Waals surface area contributed by atoms with Crippen LogP contribution in [0.3, 0.4) is 0 Å². The average Bonchev–Trinajstić information content (AvgIpc) is 2.76. The summed E-state index contributed by atoms with van der Waals surface area (Å²) in [4.78, 5) is 12.9. The lowest BCUT2D eigenvalue weighted by molar-refractivity contribution is -0.119. The Labute approximate surface area is 197 Å². The van der Waals surface area contributed by atoms with Crippen molar-refractivity contribution in [1.29, 1.82) is 0 Å². The number of benzene rings is 3. The van der Waals surface area contributed by atoms with Gasteiger partial charge in [-0.1, -0.05) is 64.0 Å². The van der Waals surface area contributed by atoms with E-state index in [4.69, 9.17) is 0 Å². The van der Waals surface area contributed by atoms with Gasteiger partial charge in [0, 0.05) is 4.47 Å². The fraction of sp³-hybridized carbons (Fsp3) is 0.167. The Morgan fingerprint density at radius 3 is 2.34 bits per heavy atom. The second-order valence-corrected chi connectivity index (χ2v) is 10.1. The van der Waals surface area contributed by atoms with Gasteiger partial charge in [-0.3, -0.25) is 9.10 Å². The van der Waals surface area contributed by atoms with E-state index in [0.717, 1.165) is 25.5 Å². The van der Waals surface area contributed by atoms with Crippen LogP contribution < -0.4 is 9.73 Å². The third-order valence-corrected chi connectivity index (χ3v) is 7.14. The molecular formula is C24H24BrN3O3S. The molecule has 0 aliphatic rings. The van der Waals surface area contributed by atoms with Gasteiger partial charge < -0.3 is 0 Å². The van der Waals surface area contributed by atoms with Gasteiger partial charge in [-0.2, -0.15) is 5.10 Å². The van der Waals surface area contributed by atoms with Crippen LogP contribution in [0.15, 0.2) is 87.3 Å². The zero-order chi connectivity index (χ0) is 23.3. The lowest BCUT2D eigenvalue weighted by Gasteiger charge is -2.25. The van der Waals surface area contributed by atoms with Crippen molar-refractivity contribution < 1.29 is 13.2 Å². The number of hydrazone groups is 1. The van der Waals surface area contributed by atoms with Gasteiger partial charge in [-0.05, 0) is 62.2 Å². The van der Waals surface area contributed by atoms with Crippen molar-refractivity contribution in [2.75, 3.05) is 10.8 Å². The number of nitrogens with zero attached hydrogens (tertiary/aromatic N) is 2. The molecule has 0 radical (unpaired) electrons. The summed E-state index contributed by atoms with van der Waals surface area (Å²) in [6.07, 6.45) is 0. The molecular weight excluding hydrogens is 490 g/mol. The molecule has 0 spiro atoms. The second-order valence-electron chi connectivity index (χ2n) is 7.35. The monoisotopic (exact) mass is 513 g/mol. The Morgan fingerprint density at radius 1 is 1.00 bits per heavy atom. The van der Waals surface area contributed by atoms with E-state index in [1.165, 1.54) is 0 Å². The number of aryl methyl sites for hydroxylation is 2. The standard InChI is InChI=1S/C24H24BrN3O3S/c1-17-11-13-22(14-12-17)32(30,31)28(23-10-5-4-7-18(23)2)16-24(29)27-26-19(3)20-8-6-9-21(25)15-20/h4-15H,16H2,1-3H3,(H,27,29)/b26-19-. The number of hydrogen-bond acceptors (Lipinski definition) is 4. The Morgan fingerprint density at radius 2 is 1.69 bits per heavy atom. The van der Waals surface area contributed by atoms with Gasteiger partial charge in [-0.25, -0.2) is 13.8 Å². The minimum absolute atomic E-state index is 0.118. The van der Waals surface area contributed by atoms with E-state index in [9.17, 15) is 13.2 Å². The quantitative estimate of drug-likeness (QED) is 0.364. The summed E-state index contributed by atoms with van der Waals surface area (Å²) in [6.45, 7) is 5.05. The highest BCUT2D eigenvalue weighted by molar-refractivity contribution is 9.10. The molecule has 3 aromatic rings. The molecule has 166 valence electrons. The highest BCUT2D eigenvalue weighted by Crippen LogP contribution is 2.26. The molecule has 1 amide bonds. The molecule has 0 bridgehead atoms. The number of amides is 1. The number of hydrogen-bond donors (Lipinski definition) is 1. The van der Waals surface area contributed by atoms with E-state index in [1.807, 2.05) is 37.3 Å². The topological polar surface area (TPSA) is 78.8 Å². The minimum Gasteiger partial charge on any atom is -0.271 e. The summed E-state index contributed by atoms with van der Waals surface area (Å²) >= 11 is 3.41. The van der Waals surface area contributed by atoms with Gasteiger partial charge in [0.2, 0.25) is 0 Å². The number of halogens is 1. The molecule has 1 N–H and O–H groups in total. The third-order valence-electron chi connectivity index (χ3n) is 4.87. The summed E-state index contributed by atoms with van der Waals surface area (Å²) in [7, 11) is -3.97. The summed E-state index contributed by atoms with van der Waals surface area (Å²) < 4.78 is 28.9. The summed E-state index contributed by atoms with van der Waals surface area (Å²) in [5.41, 5.74) is 6.04. The summed E-state index contributed by atoms with van der Waals surface area (Å²) in [5.74, 6) is -0.543. The Hall–Kier alpha value is -2.97. The smallest absolute Gasteiger partial charge is 0.264 e. The molecule has 0 aromatic heterocycles. The number of nitrogens with one attached hydrogen (secondary N) is 1. The number of carbonyl (C=O) groups excluding carboxylic acids is 1. The van der Waals surface area contributed by atoms with E-state index < -0.39 is 22.5 Å². The molecule has 0 atom stereocenters. The maximum absolute atomic E-state index is 13.4. The molecule has 0 fully saturated rings. The van der Waals surface area contributed by atoms with Crippen LogP contribution in [0.25, 0.3) is 0 Å². The zero-order valence-electron chi connectivity index (χ0n) is 18.0. The zero-order valence-corrected chi connectivity index (χ0v) is 20.4. The van der Waals surface area contributed by atoms with Crippen LogP contribution in [0, 0.1) is 13.8 Å². The van der Waals surface area contributed by atoms with E-state index >= 15 is 0 Å². The van der Waals surface area contributed by atoms with E-state index in [-0.39, 0.29) is 4.90 Å². The third kappa shape index (κ3) is 5.63. The molecule has 0 saturated heterocycles. The Kier molecular flexibility index (Phi) is 7.48. The van der Waals surface area contributed by atoms with Crippen molar-refractivity contribution in [1.82, 2.24) is 5.43 Å². The number of para-hydroxylation sites is 1. The van der Waals surface area contributed by atoms with Crippen LogP contribution in [0.5, 0.6) is 0 Å². The van der Waals surface area contributed by atoms with Gasteiger partial charge in [0.05, 0.1) is 16.3 Å². The molecule has 6 nitrogen and oxygen atoms in total. The van der Waals surface area contributed by atoms with Crippen molar-refractivity contribution in [2.45, 2.75) is 25.7 Å². The fourth-order valence-corrected chi connectivity index (χ4v) is 4.96. The molecule has 0 unspecified atom stereocenters. The molecule has 32 heavy (non-hydrogen) atoms. The molecule has 3 rings (SSSR count). The van der Waals surface area contributed by atoms with E-state index in [2.05, 4.69) is 26.5 Å². The maximum atomic E-state index is 13.4. The van der Waals surface area contributed by atoms with Gasteiger partial charge in [0.1, 0.15) is 6.54 Å². The van der Waals surface area contributed by atoms with Crippen molar-refractivity contribution in [3.05, 3.63) is 94.0 Å². The van der Waals surface area contributed by atoms with Crippen molar-refractivity contribution in [3.8, 4) is 0 Å². The van der Waals surface area contributed by atoms with Gasteiger partial charge >= 0.3 is 0 Å². The Balaban J connectivity index is 1.89. The van der Waals surface area contributed by atoms with Crippen molar-refractivity contribution in [2.24, 2.45) is 5.10 Å². The largest absolute Gasteiger partial charge is 0.271 e. The number of rotatable bonds is 7. The predicted molar refractivity (Wildman–Crippen MR) is 131 cm³/mol. The second kappa shape index (κ2) is 10.1. The first-order valence-corrected chi connectivity index (χ1v) is 12.2. The first-order chi connectivity index (χ1) is 15.2. The Bertz CT molecular complexity index is 1260. The van der Waals surface area contributed by atoms with Gasteiger partial charge in [-0.15, -0.1) is 0 Å². The average molecular weight is 514 g/mol. The molecule has 0 saturated carbocycles. The first kappa shape index (κ1) is 23.7. The maximum Gasteiger partial charge on any atom is 0.264 e. The van der Waals surface area contributed by atoms with Crippen LogP contribution in [-0.2, 0) is 14.8 Å². The lowest BCUT2D eigenvalue weighted by atomic mass is 10.1. The van der Waals surface area contributed by atoms with E-state index in [0.29, 0.717) is 11.4 Å². The van der Waals surface area contributed by atoms with Crippen molar-refractivity contribution >= 4 is 43.3 Å². The molecule has 0 heterocycles. The molecule has 0 aliphatic heterocycles. The number of carbonyl (C=O) groups is 1. The number of sulfonamides is 1. The van der Waals surface area contributed by atoms with Crippen LogP contribution in [0.4, 0.5) is 5.69 Å². The molecule has 8 heteroatoms. The summed E-state index contributed by atoms with van der Waals surface area (Å²) in [6, 6.07) is 21.1. The fourth-order valence-electron chi connectivity index (χ4n) is 3.07. The van der Waals surface area contributed by atoms with Crippen LogP contribution in [0.1, 0.15) is 23.6 Å². The van der Waals surface area contributed by atoms with Crippen LogP contribution in [0.2, 0.25) is 0 Å². The summed E-state index contributed by atoms with van der Waals surface area (Å²) in [5, 5.41) is 4.15. The highest BCUT2D eigenvalue weighted by Gasteiger charge is 2.28. The normalized spacial score (nSPS) is 11.8. The van der Waals surface area contributed by atoms with Gasteiger partial charge in [0.15, 0.2) is 0 Å². The molecule has 0 aliphatic carbocycles. The van der Waals surface area contributed by atoms with E-state index in [1.54, 1.807) is 56.3 Å². The number of anilines is 1. The van der Waals surface area contributed by atoms with Crippen LogP contribution in [-0.4, -0.2) is 26.6 Å². The first-order valence-electron chi connectivity index (χ1n) is 9.92. The van der Waals surface area contributed by atoms with Gasteiger partial charge in [0.25, 0.3) is 15.9 Å². The lowest BCUT2D eigenvalue weighted by Crippen LogP contribution is -2.40. The molecule has 3 aromatic carbocycles. The van der Waals surface area contributed by atoms with Crippen LogP contribution >= 0.6 is 15.9 Å². The van der Waals surface area contributed by atoms with Crippen molar-refractivity contribution in [3.63, 3.8) is 0 Å². The SMILES string of the molecule is C/C(=N/NC(=O)CN(c1ccccc1C)S(=O)(=O)c1ccc(C)cc1)c1cccc(Br)c1. The highest BCUT2D eigenvalue weighted by atomic mass is 79.9. The minimum atomic E-state index is -3.97.